The molecule has 2 aliphatic heterocycles. The highest BCUT2D eigenvalue weighted by molar-refractivity contribution is 7.26. The van der Waals surface area contributed by atoms with E-state index < -0.39 is 0 Å². The molecule has 0 radical (unpaired) electrons. The third-order valence-electron chi connectivity index (χ3n) is 15.3. The van der Waals surface area contributed by atoms with Gasteiger partial charge in [-0.3, -0.25) is 0 Å². The van der Waals surface area contributed by atoms with Crippen molar-refractivity contribution in [3.63, 3.8) is 0 Å². The fourth-order valence-corrected chi connectivity index (χ4v) is 12.8. The third kappa shape index (κ3) is 6.28. The Hall–Kier alpha value is -6.36. The number of rotatable bonds is 3. The Balaban J connectivity index is 1.27. The average Bonchev–Trinajstić information content (AvgIpc) is 3.78. The predicted molar refractivity (Wildman–Crippen MR) is 292 cm³/mol. The highest BCUT2D eigenvalue weighted by Crippen LogP contribution is 2.56. The summed E-state index contributed by atoms with van der Waals surface area (Å²) in [7, 11) is 0. The van der Waals surface area contributed by atoms with E-state index in [1.54, 1.807) is 0 Å². The minimum absolute atomic E-state index is 0.0319. The number of anilines is 5. The van der Waals surface area contributed by atoms with Crippen molar-refractivity contribution >= 4 is 77.7 Å². The zero-order valence-corrected chi connectivity index (χ0v) is 41.7. The van der Waals surface area contributed by atoms with Gasteiger partial charge in [-0.15, -0.1) is 11.3 Å². The molecule has 0 amide bonds. The molecule has 67 heavy (non-hydrogen) atoms. The quantitative estimate of drug-likeness (QED) is 0.163. The molecule has 330 valence electrons. The van der Waals surface area contributed by atoms with Gasteiger partial charge >= 0.3 is 6.85 Å². The molecule has 0 fully saturated rings. The molecule has 0 unspecified atom stereocenters. The summed E-state index contributed by atoms with van der Waals surface area (Å²) in [6, 6.07) is 61.3. The third-order valence-corrected chi connectivity index (χ3v) is 16.5. The Bertz CT molecular complexity index is 3500. The Labute approximate surface area is 402 Å². The van der Waals surface area contributed by atoms with E-state index in [2.05, 4.69) is 244 Å². The van der Waals surface area contributed by atoms with Gasteiger partial charge in [-0.25, -0.2) is 0 Å². The summed E-state index contributed by atoms with van der Waals surface area (Å²) < 4.78 is 2.68. The topological polar surface area (TPSA) is 6.48 Å². The van der Waals surface area contributed by atoms with Gasteiger partial charge in [0.05, 0.1) is 5.69 Å². The van der Waals surface area contributed by atoms with Gasteiger partial charge in [-0.1, -0.05) is 179 Å². The molecule has 4 heteroatoms. The molecule has 8 aromatic carbocycles. The lowest BCUT2D eigenvalue weighted by molar-refractivity contribution is 0.590. The molecule has 2 nitrogen and oxygen atoms in total. The maximum Gasteiger partial charge on any atom is 0.333 e. The van der Waals surface area contributed by atoms with E-state index in [4.69, 9.17) is 0 Å². The summed E-state index contributed by atoms with van der Waals surface area (Å²) in [5, 5.41) is 2.63. The number of thiophene rings is 1. The normalized spacial score (nSPS) is 14.8. The molecule has 1 aliphatic carbocycles. The molecule has 0 saturated carbocycles. The molecule has 3 aliphatic rings. The van der Waals surface area contributed by atoms with Gasteiger partial charge in [0.25, 0.3) is 0 Å². The Morgan fingerprint density at radius 2 is 1.07 bits per heavy atom. The van der Waals surface area contributed by atoms with Crippen LogP contribution in [0.4, 0.5) is 28.4 Å². The molecule has 1 aromatic heterocycles. The van der Waals surface area contributed by atoms with Crippen molar-refractivity contribution in [1.29, 1.82) is 0 Å². The van der Waals surface area contributed by atoms with Crippen LogP contribution in [-0.4, -0.2) is 6.85 Å². The van der Waals surface area contributed by atoms with Crippen LogP contribution in [0.1, 0.15) is 104 Å². The van der Waals surface area contributed by atoms with Gasteiger partial charge in [-0.05, 0) is 126 Å². The van der Waals surface area contributed by atoms with Crippen LogP contribution in [0, 0.1) is 0 Å². The number of nitrogens with zero attached hydrogens (tertiary/aromatic N) is 2. The lowest BCUT2D eigenvalue weighted by atomic mass is 9.43. The standard InChI is InChI=1S/C63H59BN2S/c1-60(2,3)39-25-29-42(30-26-39)66-53-32-28-41(62(7,8)9)34-48(53)57-58-55(36-47-44-22-16-18-24-56(44)67-59(47)57)65(52-31-27-40(61(4,5)6)33-45(52)38-19-13-12-14-20-38)54-37-50-46(35-51(54)64(58)66)43-21-15-17-23-49(43)63(50,10)11/h12-37H,1-11H3. The van der Waals surface area contributed by atoms with Crippen molar-refractivity contribution in [3.8, 4) is 33.4 Å². The lowest BCUT2D eigenvalue weighted by Crippen LogP contribution is -2.61. The fraction of sp³-hybridized carbons (Fsp3) is 0.238. The lowest BCUT2D eigenvalue weighted by Gasteiger charge is -2.47. The summed E-state index contributed by atoms with van der Waals surface area (Å²) in [5.41, 5.74) is 23.2. The molecule has 0 bridgehead atoms. The van der Waals surface area contributed by atoms with E-state index in [1.165, 1.54) is 121 Å². The minimum Gasteiger partial charge on any atom is -0.376 e. The first-order valence-electron chi connectivity index (χ1n) is 24.2. The van der Waals surface area contributed by atoms with Crippen LogP contribution in [0.2, 0.25) is 0 Å². The van der Waals surface area contributed by atoms with Crippen LogP contribution < -0.4 is 20.6 Å². The van der Waals surface area contributed by atoms with E-state index >= 15 is 0 Å². The summed E-state index contributed by atoms with van der Waals surface area (Å²) in [6.45, 7) is 25.7. The molecule has 12 rings (SSSR count). The fourth-order valence-electron chi connectivity index (χ4n) is 11.6. The molecular formula is C63H59BN2S. The molecule has 0 spiro atoms. The number of hydrogen-bond donors (Lipinski definition) is 0. The largest absolute Gasteiger partial charge is 0.376 e. The summed E-state index contributed by atoms with van der Waals surface area (Å²) >= 11 is 1.96. The number of hydrogen-bond acceptors (Lipinski definition) is 3. The average molecular weight is 887 g/mol. The number of benzene rings is 8. The van der Waals surface area contributed by atoms with Crippen molar-refractivity contribution < 1.29 is 0 Å². The molecule has 0 atom stereocenters. The highest BCUT2D eigenvalue weighted by atomic mass is 32.1. The number of fused-ring (bicyclic) bond motifs is 11. The van der Waals surface area contributed by atoms with Crippen LogP contribution in [-0.2, 0) is 21.7 Å². The molecule has 9 aromatic rings. The van der Waals surface area contributed by atoms with Gasteiger partial charge < -0.3 is 9.71 Å². The summed E-state index contributed by atoms with van der Waals surface area (Å²) in [5.74, 6) is 0. The second-order valence-corrected chi connectivity index (χ2v) is 24.1. The first-order valence-corrected chi connectivity index (χ1v) is 25.0. The van der Waals surface area contributed by atoms with Gasteiger partial charge in [-0.2, -0.15) is 0 Å². The Kier molecular flexibility index (Phi) is 8.99. The van der Waals surface area contributed by atoms with E-state index in [-0.39, 0.29) is 28.5 Å². The summed E-state index contributed by atoms with van der Waals surface area (Å²) in [4.78, 5) is 5.39. The van der Waals surface area contributed by atoms with Crippen molar-refractivity contribution in [2.24, 2.45) is 0 Å². The predicted octanol–water partition coefficient (Wildman–Crippen LogP) is 16.6. The molecule has 0 N–H and O–H groups in total. The van der Waals surface area contributed by atoms with Crippen LogP contribution in [0.15, 0.2) is 158 Å². The Morgan fingerprint density at radius 3 is 1.78 bits per heavy atom. The van der Waals surface area contributed by atoms with Crippen molar-refractivity contribution in [2.75, 3.05) is 9.71 Å². The highest BCUT2D eigenvalue weighted by Gasteiger charge is 2.48. The first-order chi connectivity index (χ1) is 31.9. The van der Waals surface area contributed by atoms with E-state index in [9.17, 15) is 0 Å². The van der Waals surface area contributed by atoms with Crippen LogP contribution in [0.25, 0.3) is 53.6 Å². The van der Waals surface area contributed by atoms with Crippen LogP contribution in [0.5, 0.6) is 0 Å². The van der Waals surface area contributed by atoms with Gasteiger partial charge in [0, 0.05) is 65.0 Å². The minimum atomic E-state index is -0.186. The zero-order chi connectivity index (χ0) is 46.5. The van der Waals surface area contributed by atoms with E-state index in [0.717, 1.165) is 0 Å². The first kappa shape index (κ1) is 42.0. The van der Waals surface area contributed by atoms with Crippen LogP contribution in [0.3, 0.4) is 0 Å². The van der Waals surface area contributed by atoms with E-state index in [1.807, 2.05) is 11.3 Å². The van der Waals surface area contributed by atoms with Crippen molar-refractivity contribution in [1.82, 2.24) is 0 Å². The van der Waals surface area contributed by atoms with Crippen molar-refractivity contribution in [2.45, 2.75) is 97.8 Å². The zero-order valence-electron chi connectivity index (χ0n) is 40.9. The Morgan fingerprint density at radius 1 is 0.463 bits per heavy atom. The molecular weight excluding hydrogens is 828 g/mol. The van der Waals surface area contributed by atoms with Gasteiger partial charge in [0.1, 0.15) is 0 Å². The second-order valence-electron chi connectivity index (χ2n) is 23.0. The maximum atomic E-state index is 2.70. The van der Waals surface area contributed by atoms with Crippen LogP contribution >= 0.6 is 11.3 Å². The van der Waals surface area contributed by atoms with Gasteiger partial charge in [0.2, 0.25) is 0 Å². The second kappa shape index (κ2) is 14.3. The van der Waals surface area contributed by atoms with E-state index in [0.29, 0.717) is 0 Å². The SMILES string of the molecule is CC(C)(C)c1ccc(N2B3c4cc5c(cc4N(c4ccc(C(C)(C)C)cc4-c4ccccc4)c4cc6c(sc7ccccc76)c(c43)-c3cc(C(C)(C)C)ccc32)C(C)(C)c2ccccc2-5)cc1. The van der Waals surface area contributed by atoms with Gasteiger partial charge in [0.15, 0.2) is 0 Å². The monoisotopic (exact) mass is 886 g/mol. The molecule has 3 heterocycles. The molecule has 0 saturated heterocycles. The van der Waals surface area contributed by atoms with Crippen molar-refractivity contribution in [3.05, 3.63) is 186 Å². The summed E-state index contributed by atoms with van der Waals surface area (Å²) in [6.07, 6.45) is 0. The maximum absolute atomic E-state index is 2.70. The smallest absolute Gasteiger partial charge is 0.333 e.